The van der Waals surface area contributed by atoms with Crippen molar-refractivity contribution in [2.75, 3.05) is 59.8 Å². The summed E-state index contributed by atoms with van der Waals surface area (Å²) in [5.74, 6) is 13.3. The number of rotatable bonds is 6. The summed E-state index contributed by atoms with van der Waals surface area (Å²) in [6, 6.07) is 3.85. The second-order valence-electron chi connectivity index (χ2n) is 42.8. The van der Waals surface area contributed by atoms with Crippen molar-refractivity contribution in [3.63, 3.8) is 0 Å². The third-order valence-corrected chi connectivity index (χ3v) is 10.1. The molecule has 7 rings (SSSR count). The van der Waals surface area contributed by atoms with Crippen LogP contribution in [0.25, 0.3) is 0 Å². The normalized spacial score (nSPS) is 15.6. The maximum absolute atomic E-state index is 5.71. The van der Waals surface area contributed by atoms with Gasteiger partial charge in [-0.2, -0.15) is 0 Å². The topological polar surface area (TPSA) is 366 Å². The molecule has 7 aliphatic rings. The van der Waals surface area contributed by atoms with E-state index in [0.717, 1.165) is 193 Å². The molecule has 4 saturated carbocycles. The van der Waals surface area contributed by atoms with E-state index in [-0.39, 0.29) is 5.54 Å². The summed E-state index contributed by atoms with van der Waals surface area (Å²) >= 11 is 0. The Balaban J connectivity index is -0.0000000517. The second kappa shape index (κ2) is 135. The quantitative estimate of drug-likeness (QED) is 0.117. The first kappa shape index (κ1) is 165. The Labute approximate surface area is 761 Å². The number of hydrogen-bond donors (Lipinski definition) is 13. The third kappa shape index (κ3) is 549. The van der Waals surface area contributed by atoms with Crippen molar-refractivity contribution in [2.45, 2.75) is 522 Å². The molecule has 0 aromatic rings. The van der Waals surface area contributed by atoms with Crippen LogP contribution in [0.3, 0.4) is 0 Å². The molecule has 26 N–H and O–H groups in total. The molecule has 752 valence electrons. The molecule has 0 aromatic heterocycles. The van der Waals surface area contributed by atoms with Gasteiger partial charge in [0.15, 0.2) is 0 Å². The number of hydrogen-bond acceptors (Lipinski definition) is 16. The molecule has 4 atom stereocenters. The van der Waals surface area contributed by atoms with Gasteiger partial charge in [0.05, 0.1) is 6.61 Å². The molecule has 16 nitrogen and oxygen atoms in total. The zero-order valence-electron chi connectivity index (χ0n) is 93.3. The average Bonchev–Trinajstić information content (AvgIpc) is 1.77. The van der Waals surface area contributed by atoms with Crippen molar-refractivity contribution in [2.24, 2.45) is 169 Å². The first-order valence-corrected chi connectivity index (χ1v) is 49.2. The molecule has 7 fully saturated rings. The molecule has 4 unspecified atom stereocenters. The first-order valence-electron chi connectivity index (χ1n) is 49.2. The largest absolute Gasteiger partial charge is 0.381 e. The summed E-state index contributed by atoms with van der Waals surface area (Å²) in [4.78, 5) is 0. The lowest BCUT2D eigenvalue weighted by atomic mass is 9.94. The van der Waals surface area contributed by atoms with E-state index in [1.54, 1.807) is 0 Å². The predicted octanol–water partition coefficient (Wildman–Crippen LogP) is 26.4. The van der Waals surface area contributed by atoms with Gasteiger partial charge in [-0.3, -0.25) is 0 Å². The molecule has 0 aromatic carbocycles. The van der Waals surface area contributed by atoms with Gasteiger partial charge in [0, 0.05) is 86.9 Å². The highest BCUT2D eigenvalue weighted by atomic mass is 16.5. The van der Waals surface area contributed by atoms with E-state index in [2.05, 4.69) is 310 Å². The maximum Gasteiger partial charge on any atom is 0.0618 e. The maximum atomic E-state index is 5.71. The van der Waals surface area contributed by atoms with Crippen LogP contribution < -0.4 is 74.5 Å². The molecule has 0 bridgehead atoms. The fourth-order valence-corrected chi connectivity index (χ4v) is 4.31. The highest BCUT2D eigenvalue weighted by Crippen LogP contribution is 2.31. The van der Waals surface area contributed by atoms with Gasteiger partial charge in [0.1, 0.15) is 0 Å². The fraction of sp³-hybridized carbons (Fsp3) is 1.00. The van der Waals surface area contributed by atoms with Crippen LogP contribution >= 0.6 is 0 Å². The van der Waals surface area contributed by atoms with Gasteiger partial charge < -0.3 is 88.7 Å². The fourth-order valence-electron chi connectivity index (χ4n) is 4.31. The minimum Gasteiger partial charge on any atom is -0.381 e. The summed E-state index contributed by atoms with van der Waals surface area (Å²) < 4.78 is 15.2. The van der Waals surface area contributed by atoms with Crippen LogP contribution in [-0.4, -0.2) is 120 Å². The lowest BCUT2D eigenvalue weighted by Gasteiger charge is -2.24. The second-order valence-corrected chi connectivity index (χ2v) is 42.8. The van der Waals surface area contributed by atoms with Gasteiger partial charge in [-0.05, 0) is 265 Å². The van der Waals surface area contributed by atoms with Crippen LogP contribution in [0.15, 0.2) is 0 Å². The van der Waals surface area contributed by atoms with Crippen molar-refractivity contribution >= 4 is 0 Å². The Morgan fingerprint density at radius 1 is 0.277 bits per heavy atom. The minimum absolute atomic E-state index is 0. The minimum atomic E-state index is 0. The predicted molar refractivity (Wildman–Crippen MR) is 563 cm³/mol. The Kier molecular flexibility index (Phi) is 188. The Morgan fingerprint density at radius 2 is 0.429 bits per heavy atom. The summed E-state index contributed by atoms with van der Waals surface area (Å²) in [7, 11) is 1.50. The standard InChI is InChI=1S/C7H15NO.C5H11NO.C5H11N.C5H13N.C4H9NO.2C4H9N.2C4H11N.13C4H10.C3H7N.C3H9N.C2H7N.CH5N/c1-6(8)7-2-4-9-5-3-7;6-5-1-3-7-4-2-5;1-4(6)5-2-3-5;1-3-5(6)4-2;5-4-1-2-6-3-4;5-3-4-1-2-4;5-4-2-1-3-4;1-4(2,3)5;1-3-4(2)5;13*1-4(2)3;4-3-1-2-3;1-3(2)4;1-2-3;1-2/h6-7H,2-5,8H2,1H3;5H,1-4,6H2;4-5H,2-3,6H2,1H3;5H,3-4,6H2,1-2H3;4H,1-3,5H2;2*4H,1-3,5H2;5H2,1-3H3;4H,3,5H2,1-2H3;13*4H,1-3H3;3H,1-2,4H2;3H,4H2,1-2H3;2-3H2,1H3;2H2,1H3. The van der Waals surface area contributed by atoms with Crippen molar-refractivity contribution in [3.8, 4) is 0 Å². The van der Waals surface area contributed by atoms with Gasteiger partial charge in [0.25, 0.3) is 0 Å². The smallest absolute Gasteiger partial charge is 0.0618 e. The zero-order chi connectivity index (χ0) is 99.7. The SMILES string of the molecule is CC(C)(C)N.CC(C)C.CC(C)C.CC(C)C.CC(C)C.CC(C)C.CC(C)C.CC(C)C.CC(C)C.CC(C)C.CC(C)C.CC(C)C.CC(C)C.CC(C)C.CC(C)N.CC(N)C1CC1.CC(N)C1CCOCC1.CCC(C)N.CCC(N)CC.CCN.CN.NC1CC1.NC1CCC1.NC1CCOC1.NC1CCOCC1.NCC1CC1. The van der Waals surface area contributed by atoms with Crippen molar-refractivity contribution in [1.82, 2.24) is 0 Å². The molecule has 4 aliphatic carbocycles. The molecule has 0 amide bonds. The molecular weight excluding hydrogens is 1470 g/mol. The lowest BCUT2D eigenvalue weighted by molar-refractivity contribution is 0.0603. The van der Waals surface area contributed by atoms with Crippen LogP contribution in [0.5, 0.6) is 0 Å². The molecule has 3 heterocycles. The van der Waals surface area contributed by atoms with E-state index < -0.39 is 0 Å². The molecule has 3 aliphatic heterocycles. The van der Waals surface area contributed by atoms with E-state index in [4.69, 9.17) is 83.0 Å². The molecular formula is C103H257N13O3. The summed E-state index contributed by atoms with van der Waals surface area (Å²) in [6.07, 6.45) is 20.7. The Bertz CT molecular complexity index is 1260. The van der Waals surface area contributed by atoms with Gasteiger partial charge in [-0.1, -0.05) is 318 Å². The van der Waals surface area contributed by atoms with Crippen molar-refractivity contribution in [1.29, 1.82) is 0 Å². The monoisotopic (exact) mass is 1730 g/mol. The zero-order valence-corrected chi connectivity index (χ0v) is 93.3. The van der Waals surface area contributed by atoms with Crippen LogP contribution in [0.4, 0.5) is 0 Å². The van der Waals surface area contributed by atoms with Crippen LogP contribution in [0.2, 0.25) is 0 Å². The van der Waals surface area contributed by atoms with Gasteiger partial charge >= 0.3 is 0 Å². The van der Waals surface area contributed by atoms with Crippen molar-refractivity contribution in [3.05, 3.63) is 0 Å². The lowest BCUT2D eigenvalue weighted by Crippen LogP contribution is -2.31. The number of ether oxygens (including phenoxy) is 3. The van der Waals surface area contributed by atoms with Crippen molar-refractivity contribution < 1.29 is 14.2 Å². The molecule has 0 spiro atoms. The highest BCUT2D eigenvalue weighted by molar-refractivity contribution is 4.80. The number of nitrogens with two attached hydrogens (primary N) is 13. The Morgan fingerprint density at radius 3 is 0.471 bits per heavy atom. The van der Waals surface area contributed by atoms with E-state index in [1.807, 2.05) is 48.5 Å². The van der Waals surface area contributed by atoms with Crippen LogP contribution in [0, 0.1) is 94.7 Å². The summed E-state index contributed by atoms with van der Waals surface area (Å²) in [5.41, 5.74) is 68.6. The molecule has 119 heavy (non-hydrogen) atoms. The molecule has 0 radical (unpaired) electrons. The van der Waals surface area contributed by atoms with Gasteiger partial charge in [0.2, 0.25) is 0 Å². The van der Waals surface area contributed by atoms with E-state index in [0.29, 0.717) is 60.3 Å². The van der Waals surface area contributed by atoms with E-state index in [1.165, 1.54) is 64.8 Å². The van der Waals surface area contributed by atoms with E-state index in [9.17, 15) is 0 Å². The average molecular weight is 1730 g/mol. The highest BCUT2D eigenvalue weighted by Gasteiger charge is 2.24. The molecule has 3 saturated heterocycles. The van der Waals surface area contributed by atoms with Crippen LogP contribution in [0.1, 0.15) is 462 Å². The summed E-state index contributed by atoms with van der Waals surface area (Å²) in [5, 5.41) is 0. The molecule has 16 heteroatoms. The van der Waals surface area contributed by atoms with E-state index >= 15 is 0 Å². The Hall–Kier alpha value is -0.640. The summed E-state index contributed by atoms with van der Waals surface area (Å²) in [6.45, 7) is 115. The first-order chi connectivity index (χ1) is 53.9. The third-order valence-electron chi connectivity index (χ3n) is 10.1. The van der Waals surface area contributed by atoms with Gasteiger partial charge in [-0.25, -0.2) is 0 Å². The van der Waals surface area contributed by atoms with Crippen LogP contribution in [-0.2, 0) is 14.2 Å². The van der Waals surface area contributed by atoms with Gasteiger partial charge in [-0.15, -0.1) is 0 Å².